The highest BCUT2D eigenvalue weighted by Crippen LogP contribution is 2.44. The van der Waals surface area contributed by atoms with Crippen molar-refractivity contribution in [2.45, 2.75) is 69.3 Å². The van der Waals surface area contributed by atoms with Gasteiger partial charge in [-0.2, -0.15) is 0 Å². The van der Waals surface area contributed by atoms with Gasteiger partial charge in [0.05, 0.1) is 30.3 Å². The molecule has 1 heterocycles. The second-order valence-corrected chi connectivity index (χ2v) is 9.24. The number of carbonyl (C=O) groups is 2. The molecule has 31 heavy (non-hydrogen) atoms. The smallest absolute Gasteiger partial charge is 0.344 e. The van der Waals surface area contributed by atoms with Gasteiger partial charge in [-0.15, -0.1) is 0 Å². The van der Waals surface area contributed by atoms with E-state index in [1.54, 1.807) is 6.92 Å². The van der Waals surface area contributed by atoms with Gasteiger partial charge in [-0.25, -0.2) is 4.79 Å². The fraction of sp³-hybridized carbons (Fsp3) is 0.652. The van der Waals surface area contributed by atoms with Crippen LogP contribution in [0.1, 0.15) is 43.7 Å². The number of ether oxygens (including phenoxy) is 3. The molecule has 2 fully saturated rings. The minimum atomic E-state index is -0.848. The third-order valence-corrected chi connectivity index (χ3v) is 6.97. The predicted octanol–water partition coefficient (Wildman–Crippen LogP) is 1.44. The number of nitrogens with two attached hydrogens (primary N) is 1. The Hall–Kier alpha value is -2.16. The molecule has 2 aliphatic carbocycles. The van der Waals surface area contributed by atoms with E-state index in [1.807, 2.05) is 18.2 Å². The molecule has 0 bridgehead atoms. The molecule has 3 aliphatic rings. The van der Waals surface area contributed by atoms with Crippen molar-refractivity contribution in [3.8, 4) is 5.75 Å². The number of carboxylic acids is 1. The highest BCUT2D eigenvalue weighted by atomic mass is 16.6. The van der Waals surface area contributed by atoms with E-state index in [2.05, 4.69) is 0 Å². The summed E-state index contributed by atoms with van der Waals surface area (Å²) in [5.74, 6) is -0.953. The molecule has 4 unspecified atom stereocenters. The summed E-state index contributed by atoms with van der Waals surface area (Å²) >= 11 is 0. The van der Waals surface area contributed by atoms with Crippen LogP contribution < -0.4 is 10.5 Å². The Kier molecular flexibility index (Phi) is 6.23. The summed E-state index contributed by atoms with van der Waals surface area (Å²) in [7, 11) is 0. The first-order valence-electron chi connectivity index (χ1n) is 11.0. The summed E-state index contributed by atoms with van der Waals surface area (Å²) in [6, 6.07) is 5.78. The molecular weight excluding hydrogens is 402 g/mol. The molecule has 4 rings (SSSR count). The number of carboxylic acid groups (broad SMARTS) is 1. The Bertz CT molecular complexity index is 835. The number of esters is 1. The maximum atomic E-state index is 12.1. The molecule has 4 atom stereocenters. The highest BCUT2D eigenvalue weighted by Gasteiger charge is 2.51. The summed E-state index contributed by atoms with van der Waals surface area (Å²) in [4.78, 5) is 23.0. The van der Waals surface area contributed by atoms with Gasteiger partial charge in [0, 0.05) is 5.92 Å². The number of fused-ring (bicyclic) bond motifs is 2. The lowest BCUT2D eigenvalue weighted by molar-refractivity contribution is -0.165. The van der Waals surface area contributed by atoms with Crippen LogP contribution in [0.5, 0.6) is 5.75 Å². The van der Waals surface area contributed by atoms with Gasteiger partial charge in [-0.05, 0) is 62.6 Å². The van der Waals surface area contributed by atoms with E-state index in [0.717, 1.165) is 17.5 Å². The van der Waals surface area contributed by atoms with Crippen molar-refractivity contribution in [1.82, 2.24) is 0 Å². The van der Waals surface area contributed by atoms with Gasteiger partial charge in [0.25, 0.3) is 0 Å². The van der Waals surface area contributed by atoms with Crippen LogP contribution in [0.3, 0.4) is 0 Å². The zero-order valence-corrected chi connectivity index (χ0v) is 17.8. The van der Waals surface area contributed by atoms with Crippen molar-refractivity contribution in [3.05, 3.63) is 29.3 Å². The number of benzene rings is 1. The molecule has 1 saturated carbocycles. The van der Waals surface area contributed by atoms with Crippen LogP contribution in [0.4, 0.5) is 0 Å². The Morgan fingerprint density at radius 2 is 2.13 bits per heavy atom. The average Bonchev–Trinajstić information content (AvgIpc) is 3.00. The van der Waals surface area contributed by atoms with Crippen LogP contribution in [-0.4, -0.2) is 59.2 Å². The van der Waals surface area contributed by atoms with Gasteiger partial charge in [0.2, 0.25) is 0 Å². The molecular formula is C23H31NO7. The van der Waals surface area contributed by atoms with Gasteiger partial charge < -0.3 is 30.2 Å². The molecule has 1 aromatic rings. The second-order valence-electron chi connectivity index (χ2n) is 9.24. The SMILES string of the molecule is CC(O)CCC1OCC2Cc3c(cccc3OCC(=O)OC3CC(C(=O)O)C3)CC21N. The Labute approximate surface area is 181 Å². The molecule has 0 radical (unpaired) electrons. The van der Waals surface area contributed by atoms with Crippen molar-refractivity contribution in [2.24, 2.45) is 17.6 Å². The number of hydrogen-bond acceptors (Lipinski definition) is 7. The van der Waals surface area contributed by atoms with Crippen LogP contribution in [0.15, 0.2) is 18.2 Å². The minimum Gasteiger partial charge on any atom is -0.482 e. The van der Waals surface area contributed by atoms with Crippen molar-refractivity contribution in [3.63, 3.8) is 0 Å². The first-order valence-corrected chi connectivity index (χ1v) is 11.0. The summed E-state index contributed by atoms with van der Waals surface area (Å²) < 4.78 is 17.1. The third kappa shape index (κ3) is 4.56. The normalized spacial score (nSPS) is 32.4. The van der Waals surface area contributed by atoms with E-state index in [0.29, 0.717) is 44.5 Å². The van der Waals surface area contributed by atoms with E-state index in [1.165, 1.54) is 0 Å². The van der Waals surface area contributed by atoms with Crippen LogP contribution in [-0.2, 0) is 31.9 Å². The molecule has 8 nitrogen and oxygen atoms in total. The maximum absolute atomic E-state index is 12.1. The quantitative estimate of drug-likeness (QED) is 0.526. The first kappa shape index (κ1) is 22.0. The number of hydrogen-bond donors (Lipinski definition) is 3. The lowest BCUT2D eigenvalue weighted by Crippen LogP contribution is -2.56. The summed E-state index contributed by atoms with van der Waals surface area (Å²) in [6.45, 7) is 2.13. The van der Waals surface area contributed by atoms with Crippen molar-refractivity contribution < 1.29 is 34.0 Å². The van der Waals surface area contributed by atoms with Gasteiger partial charge in [0.15, 0.2) is 6.61 Å². The minimum absolute atomic E-state index is 0.0862. The van der Waals surface area contributed by atoms with E-state index in [9.17, 15) is 14.7 Å². The Balaban J connectivity index is 1.36. The van der Waals surface area contributed by atoms with Crippen LogP contribution >= 0.6 is 0 Å². The molecule has 1 aromatic carbocycles. The molecule has 1 saturated heterocycles. The molecule has 0 amide bonds. The predicted molar refractivity (Wildman–Crippen MR) is 111 cm³/mol. The van der Waals surface area contributed by atoms with Crippen molar-refractivity contribution in [1.29, 1.82) is 0 Å². The fourth-order valence-electron chi connectivity index (χ4n) is 5.00. The fourth-order valence-corrected chi connectivity index (χ4v) is 5.00. The number of rotatable bonds is 8. The van der Waals surface area contributed by atoms with Gasteiger partial charge in [0.1, 0.15) is 11.9 Å². The molecule has 0 spiro atoms. The zero-order valence-electron chi connectivity index (χ0n) is 17.8. The zero-order chi connectivity index (χ0) is 22.2. The molecule has 0 aromatic heterocycles. The number of aliphatic hydroxyl groups excluding tert-OH is 1. The lowest BCUT2D eigenvalue weighted by atomic mass is 9.69. The van der Waals surface area contributed by atoms with E-state index in [-0.39, 0.29) is 30.8 Å². The molecule has 8 heteroatoms. The van der Waals surface area contributed by atoms with Gasteiger partial charge >= 0.3 is 11.9 Å². The second kappa shape index (κ2) is 8.76. The number of aliphatic hydroxyl groups is 1. The monoisotopic (exact) mass is 433 g/mol. The van der Waals surface area contributed by atoms with Gasteiger partial charge in [-0.3, -0.25) is 4.79 Å². The largest absolute Gasteiger partial charge is 0.482 e. The number of aliphatic carboxylic acids is 1. The standard InChI is InChI=1S/C23H31NO7/c1-13(25)5-6-20-23(24)10-14-3-2-4-19(18(14)9-16(23)11-30-20)29-12-21(26)31-17-7-15(8-17)22(27)28/h2-4,13,15-17,20,25H,5-12,24H2,1H3,(H,27,28). The van der Waals surface area contributed by atoms with Crippen molar-refractivity contribution >= 4 is 11.9 Å². The Morgan fingerprint density at radius 1 is 1.35 bits per heavy atom. The average molecular weight is 434 g/mol. The number of carbonyl (C=O) groups excluding carboxylic acids is 1. The van der Waals surface area contributed by atoms with Gasteiger partial charge in [-0.1, -0.05) is 12.1 Å². The van der Waals surface area contributed by atoms with Crippen molar-refractivity contribution in [2.75, 3.05) is 13.2 Å². The Morgan fingerprint density at radius 3 is 2.84 bits per heavy atom. The van der Waals surface area contributed by atoms with Crippen LogP contribution in [0.25, 0.3) is 0 Å². The highest BCUT2D eigenvalue weighted by molar-refractivity contribution is 5.73. The van der Waals surface area contributed by atoms with E-state index >= 15 is 0 Å². The van der Waals surface area contributed by atoms with E-state index in [4.69, 9.17) is 25.1 Å². The summed E-state index contributed by atoms with van der Waals surface area (Å²) in [6.07, 6.45) is 2.68. The molecule has 4 N–H and O–H groups in total. The maximum Gasteiger partial charge on any atom is 0.344 e. The summed E-state index contributed by atoms with van der Waals surface area (Å²) in [5, 5.41) is 18.5. The van der Waals surface area contributed by atoms with Crippen LogP contribution in [0.2, 0.25) is 0 Å². The topological polar surface area (TPSA) is 128 Å². The molecule has 170 valence electrons. The lowest BCUT2D eigenvalue weighted by Gasteiger charge is -2.40. The van der Waals surface area contributed by atoms with Crippen LogP contribution in [0, 0.1) is 11.8 Å². The van der Waals surface area contributed by atoms with E-state index < -0.39 is 23.4 Å². The first-order chi connectivity index (χ1) is 14.8. The third-order valence-electron chi connectivity index (χ3n) is 6.97. The summed E-state index contributed by atoms with van der Waals surface area (Å²) in [5.41, 5.74) is 8.51. The molecule has 1 aliphatic heterocycles.